The van der Waals surface area contributed by atoms with Gasteiger partial charge >= 0.3 is 0 Å². The summed E-state index contributed by atoms with van der Waals surface area (Å²) in [5.74, 6) is 0.923. The number of benzene rings is 2. The van der Waals surface area contributed by atoms with Crippen LogP contribution in [0.3, 0.4) is 0 Å². The zero-order chi connectivity index (χ0) is 26.8. The molecule has 11 heteroatoms. The maximum atomic E-state index is 14.7. The van der Waals surface area contributed by atoms with Crippen molar-refractivity contribution in [2.24, 2.45) is 0 Å². The zero-order valence-corrected chi connectivity index (χ0v) is 21.8. The number of carbonyl (C=O) groups excluding carboxylic acids is 1. The normalized spacial score (nSPS) is 18.1. The Morgan fingerprint density at radius 1 is 1.10 bits per heavy atom. The van der Waals surface area contributed by atoms with Crippen LogP contribution in [0.5, 0.6) is 5.75 Å². The summed E-state index contributed by atoms with van der Waals surface area (Å²) in [6.45, 7) is 1.93. The highest BCUT2D eigenvalue weighted by molar-refractivity contribution is 6.32. The van der Waals surface area contributed by atoms with Crippen LogP contribution in [0, 0.1) is 5.82 Å². The molecule has 4 heterocycles. The van der Waals surface area contributed by atoms with Gasteiger partial charge in [0.2, 0.25) is 0 Å². The highest BCUT2D eigenvalue weighted by atomic mass is 35.5. The first-order valence-electron chi connectivity index (χ1n) is 12.9. The summed E-state index contributed by atoms with van der Waals surface area (Å²) in [5.41, 5.74) is 1.90. The molecule has 4 N–H and O–H groups in total. The molecule has 2 aliphatic heterocycles. The zero-order valence-electron chi connectivity index (χ0n) is 21.0. The molecule has 0 bridgehead atoms. The molecule has 0 spiro atoms. The summed E-state index contributed by atoms with van der Waals surface area (Å²) in [5, 5.41) is 19.2. The van der Waals surface area contributed by atoms with Gasteiger partial charge in [0, 0.05) is 35.6 Å². The molecule has 1 unspecified atom stereocenters. The lowest BCUT2D eigenvalue weighted by molar-refractivity contribution is 0.0923. The molecular weight excluding hydrogens is 521 g/mol. The molecule has 2 aromatic carbocycles. The Bertz CT molecular complexity index is 1490. The number of aromatic amines is 1. The van der Waals surface area contributed by atoms with Crippen LogP contribution in [0.2, 0.25) is 5.02 Å². The topological polar surface area (TPSA) is 117 Å². The minimum absolute atomic E-state index is 0.278. The van der Waals surface area contributed by atoms with Gasteiger partial charge in [-0.1, -0.05) is 17.7 Å². The molecule has 39 heavy (non-hydrogen) atoms. The van der Waals surface area contributed by atoms with Crippen LogP contribution in [-0.4, -0.2) is 45.8 Å². The number of hydrogen-bond donors (Lipinski definition) is 4. The van der Waals surface area contributed by atoms with Crippen LogP contribution in [0.25, 0.3) is 11.4 Å². The van der Waals surface area contributed by atoms with Crippen molar-refractivity contribution in [3.8, 4) is 17.1 Å². The highest BCUT2D eigenvalue weighted by Crippen LogP contribution is 2.40. The maximum absolute atomic E-state index is 14.7. The first kappa shape index (κ1) is 25.3. The van der Waals surface area contributed by atoms with E-state index in [-0.39, 0.29) is 17.2 Å². The van der Waals surface area contributed by atoms with Gasteiger partial charge < -0.3 is 25.7 Å². The van der Waals surface area contributed by atoms with E-state index in [2.05, 4.69) is 36.1 Å². The Kier molecular flexibility index (Phi) is 6.88. The molecular formula is C28H27ClFN7O2. The Labute approximate surface area is 229 Å². The fraction of sp³-hybridized carbons (Fsp3) is 0.286. The number of aromatic nitrogens is 4. The number of rotatable bonds is 6. The van der Waals surface area contributed by atoms with E-state index in [1.807, 2.05) is 24.3 Å². The largest absolute Gasteiger partial charge is 0.491 e. The predicted molar refractivity (Wildman–Crippen MR) is 145 cm³/mol. The van der Waals surface area contributed by atoms with E-state index >= 15 is 0 Å². The minimum Gasteiger partial charge on any atom is -0.491 e. The van der Waals surface area contributed by atoms with Crippen LogP contribution < -0.4 is 20.7 Å². The number of anilines is 1. The van der Waals surface area contributed by atoms with E-state index < -0.39 is 17.4 Å². The van der Waals surface area contributed by atoms with Crippen molar-refractivity contribution < 1.29 is 13.9 Å². The standard InChI is InChI=1S/C28H27ClFN7O2/c29-20-4-5-21(30)23-22(8-15-39-24(20)23)33-26(38)18-2-1-3-19(16-18)35-28(9-13-32-14-10-28)27-34-25(36-37-27)17-6-11-31-12-7-17/h1-7,11-12,16,22,32,35H,8-10,13-15H2,(H,33,38)(H,34,36,37). The molecule has 200 valence electrons. The van der Waals surface area contributed by atoms with E-state index in [0.29, 0.717) is 29.4 Å². The molecule has 0 saturated carbocycles. The molecule has 9 nitrogen and oxygen atoms in total. The number of H-pyrrole nitrogens is 1. The van der Waals surface area contributed by atoms with Gasteiger partial charge in [0.1, 0.15) is 11.6 Å². The summed E-state index contributed by atoms with van der Waals surface area (Å²) in [6.07, 6.45) is 5.42. The number of nitrogens with zero attached hydrogens (tertiary/aromatic N) is 3. The number of nitrogens with one attached hydrogen (secondary N) is 4. The van der Waals surface area contributed by atoms with Crippen LogP contribution in [-0.2, 0) is 5.54 Å². The number of pyridine rings is 1. The van der Waals surface area contributed by atoms with Crippen molar-refractivity contribution in [3.63, 3.8) is 0 Å². The summed E-state index contributed by atoms with van der Waals surface area (Å²) in [6, 6.07) is 13.2. The van der Waals surface area contributed by atoms with Gasteiger partial charge in [-0.2, -0.15) is 0 Å². The molecule has 4 aromatic rings. The van der Waals surface area contributed by atoms with E-state index in [9.17, 15) is 9.18 Å². The average Bonchev–Trinajstić information content (AvgIpc) is 3.48. The van der Waals surface area contributed by atoms with Crippen LogP contribution in [0.15, 0.2) is 60.9 Å². The van der Waals surface area contributed by atoms with Crippen molar-refractivity contribution in [1.29, 1.82) is 0 Å². The molecule has 1 atom stereocenters. The van der Waals surface area contributed by atoms with Crippen molar-refractivity contribution in [2.45, 2.75) is 30.8 Å². The second kappa shape index (κ2) is 10.6. The van der Waals surface area contributed by atoms with Crippen molar-refractivity contribution >= 4 is 23.2 Å². The van der Waals surface area contributed by atoms with E-state index in [1.54, 1.807) is 24.5 Å². The number of carbonyl (C=O) groups is 1. The van der Waals surface area contributed by atoms with E-state index in [4.69, 9.17) is 16.3 Å². The van der Waals surface area contributed by atoms with Crippen molar-refractivity contribution in [3.05, 3.63) is 88.7 Å². The van der Waals surface area contributed by atoms with E-state index in [0.717, 1.165) is 43.0 Å². The summed E-state index contributed by atoms with van der Waals surface area (Å²) in [4.78, 5) is 20.8. The summed E-state index contributed by atoms with van der Waals surface area (Å²) in [7, 11) is 0. The van der Waals surface area contributed by atoms with Crippen molar-refractivity contribution in [2.75, 3.05) is 25.0 Å². The third kappa shape index (κ3) is 5.05. The molecule has 1 amide bonds. The van der Waals surface area contributed by atoms with Gasteiger partial charge in [0.25, 0.3) is 5.91 Å². The second-order valence-corrected chi connectivity index (χ2v) is 10.1. The quantitative estimate of drug-likeness (QED) is 0.279. The van der Waals surface area contributed by atoms with Gasteiger partial charge in [0.05, 0.1) is 28.8 Å². The first-order valence-corrected chi connectivity index (χ1v) is 13.2. The smallest absolute Gasteiger partial charge is 0.251 e. The van der Waals surface area contributed by atoms with E-state index in [1.165, 1.54) is 12.1 Å². The molecule has 0 radical (unpaired) electrons. The van der Waals surface area contributed by atoms with Gasteiger partial charge in [0.15, 0.2) is 11.6 Å². The Balaban J connectivity index is 1.24. The fourth-order valence-electron chi connectivity index (χ4n) is 5.24. The Morgan fingerprint density at radius 3 is 2.74 bits per heavy atom. The monoisotopic (exact) mass is 547 g/mol. The van der Waals surface area contributed by atoms with Gasteiger partial charge in [-0.05, 0) is 68.4 Å². The number of halogens is 2. The fourth-order valence-corrected chi connectivity index (χ4v) is 5.45. The molecule has 0 aliphatic carbocycles. The third-order valence-corrected chi connectivity index (χ3v) is 7.56. The number of fused-ring (bicyclic) bond motifs is 1. The average molecular weight is 548 g/mol. The number of ether oxygens (including phenoxy) is 1. The molecule has 6 rings (SSSR count). The molecule has 2 aliphatic rings. The maximum Gasteiger partial charge on any atom is 0.251 e. The highest BCUT2D eigenvalue weighted by Gasteiger charge is 2.37. The number of amides is 1. The minimum atomic E-state index is -0.548. The van der Waals surface area contributed by atoms with Gasteiger partial charge in [-0.25, -0.2) is 4.39 Å². The van der Waals surface area contributed by atoms with Crippen LogP contribution in [0.1, 0.15) is 47.1 Å². The van der Waals surface area contributed by atoms with Crippen molar-refractivity contribution in [1.82, 2.24) is 30.8 Å². The van der Waals surface area contributed by atoms with Crippen LogP contribution in [0.4, 0.5) is 10.1 Å². The Morgan fingerprint density at radius 2 is 1.92 bits per heavy atom. The molecule has 1 saturated heterocycles. The number of hydrogen-bond acceptors (Lipinski definition) is 7. The Hall–Kier alpha value is -4.02. The molecule has 1 fully saturated rings. The lowest BCUT2D eigenvalue weighted by Gasteiger charge is -2.37. The van der Waals surface area contributed by atoms with Gasteiger partial charge in [-0.15, -0.1) is 10.2 Å². The van der Waals surface area contributed by atoms with Crippen LogP contribution >= 0.6 is 11.6 Å². The summed E-state index contributed by atoms with van der Waals surface area (Å²) >= 11 is 6.21. The molecule has 2 aromatic heterocycles. The summed E-state index contributed by atoms with van der Waals surface area (Å²) < 4.78 is 20.3. The van der Waals surface area contributed by atoms with Gasteiger partial charge in [-0.3, -0.25) is 9.78 Å². The SMILES string of the molecule is O=C(NC1CCOc2c(Cl)ccc(F)c21)c1cccc(NC2(c3nnc(-c4ccncc4)[nH]3)CCNCC2)c1. The first-order chi connectivity index (χ1) is 19.0. The number of piperidine rings is 1. The predicted octanol–water partition coefficient (Wildman–Crippen LogP) is 4.60. The lowest BCUT2D eigenvalue weighted by atomic mass is 9.87. The second-order valence-electron chi connectivity index (χ2n) is 9.73. The lowest BCUT2D eigenvalue weighted by Crippen LogP contribution is -2.46. The third-order valence-electron chi connectivity index (χ3n) is 7.26.